The lowest BCUT2D eigenvalue weighted by Crippen LogP contribution is -2.21. The first-order valence-corrected chi connectivity index (χ1v) is 7.18. The largest absolute Gasteiger partial charge is 0.452 e. The number of halogens is 2. The number of hydrogen-bond acceptors (Lipinski definition) is 3. The van der Waals surface area contributed by atoms with Crippen LogP contribution in [0, 0.1) is 0 Å². The molecule has 1 heterocycles. The fraction of sp³-hybridized carbons (Fsp3) is 0.556. The van der Waals surface area contributed by atoms with Gasteiger partial charge < -0.3 is 9.73 Å². The van der Waals surface area contributed by atoms with Crippen molar-refractivity contribution in [3.05, 3.63) is 21.0 Å². The third kappa shape index (κ3) is 3.96. The lowest BCUT2D eigenvalue weighted by Gasteiger charge is -2.07. The molecule has 5 heteroatoms. The van der Waals surface area contributed by atoms with Gasteiger partial charge in [-0.3, -0.25) is 0 Å². The molecule has 14 heavy (non-hydrogen) atoms. The van der Waals surface area contributed by atoms with Crippen molar-refractivity contribution < 1.29 is 4.42 Å². The SMILES string of the molecule is CSC(C)CNCc1cc(Br)c(Br)o1. The summed E-state index contributed by atoms with van der Waals surface area (Å²) >= 11 is 8.54. The second-order valence-electron chi connectivity index (χ2n) is 3.01. The van der Waals surface area contributed by atoms with Crippen LogP contribution in [0.3, 0.4) is 0 Å². The maximum atomic E-state index is 5.43. The van der Waals surface area contributed by atoms with Crippen LogP contribution in [0.25, 0.3) is 0 Å². The zero-order valence-electron chi connectivity index (χ0n) is 8.14. The summed E-state index contributed by atoms with van der Waals surface area (Å²) in [5.74, 6) is 0.942. The van der Waals surface area contributed by atoms with E-state index in [9.17, 15) is 0 Å². The van der Waals surface area contributed by atoms with Gasteiger partial charge in [-0.25, -0.2) is 0 Å². The Bertz CT molecular complexity index is 271. The molecule has 1 atom stereocenters. The van der Waals surface area contributed by atoms with Crippen LogP contribution in [0.1, 0.15) is 12.7 Å². The fourth-order valence-corrected chi connectivity index (χ4v) is 1.90. The smallest absolute Gasteiger partial charge is 0.183 e. The monoisotopic (exact) mass is 341 g/mol. The Morgan fingerprint density at radius 1 is 1.57 bits per heavy atom. The van der Waals surface area contributed by atoms with Crippen molar-refractivity contribution in [2.24, 2.45) is 0 Å². The summed E-state index contributed by atoms with van der Waals surface area (Å²) in [7, 11) is 0. The first kappa shape index (κ1) is 12.6. The van der Waals surface area contributed by atoms with Gasteiger partial charge in [0.2, 0.25) is 0 Å². The zero-order chi connectivity index (χ0) is 10.6. The Morgan fingerprint density at radius 3 is 2.79 bits per heavy atom. The Kier molecular flexibility index (Phi) is 5.59. The van der Waals surface area contributed by atoms with Crippen molar-refractivity contribution in [3.63, 3.8) is 0 Å². The van der Waals surface area contributed by atoms with Gasteiger partial charge in [-0.15, -0.1) is 0 Å². The first-order valence-electron chi connectivity index (χ1n) is 4.30. The summed E-state index contributed by atoms with van der Waals surface area (Å²) in [5, 5.41) is 3.97. The Balaban J connectivity index is 2.31. The quantitative estimate of drug-likeness (QED) is 0.884. The molecule has 0 bridgehead atoms. The Labute approximate surface area is 105 Å². The molecule has 2 nitrogen and oxygen atoms in total. The van der Waals surface area contributed by atoms with Crippen molar-refractivity contribution in [2.45, 2.75) is 18.7 Å². The Hall–Kier alpha value is 0.550. The van der Waals surface area contributed by atoms with E-state index in [2.05, 4.69) is 50.4 Å². The van der Waals surface area contributed by atoms with Gasteiger partial charge in [-0.2, -0.15) is 11.8 Å². The highest BCUT2D eigenvalue weighted by molar-refractivity contribution is 9.13. The van der Waals surface area contributed by atoms with E-state index in [1.165, 1.54) is 0 Å². The van der Waals surface area contributed by atoms with E-state index >= 15 is 0 Å². The standard InChI is InChI=1S/C9H13Br2NOS/c1-6(14-2)4-12-5-7-3-8(10)9(11)13-7/h3,6,12H,4-5H2,1-2H3. The summed E-state index contributed by atoms with van der Waals surface area (Å²) in [6.45, 7) is 3.97. The van der Waals surface area contributed by atoms with E-state index in [4.69, 9.17) is 4.42 Å². The first-order chi connectivity index (χ1) is 6.63. The van der Waals surface area contributed by atoms with Crippen LogP contribution in [0.15, 0.2) is 19.6 Å². The highest BCUT2D eigenvalue weighted by Gasteiger charge is 2.05. The molecule has 1 N–H and O–H groups in total. The summed E-state index contributed by atoms with van der Waals surface area (Å²) in [5.41, 5.74) is 0. The molecule has 0 radical (unpaired) electrons. The molecule has 1 aromatic heterocycles. The van der Waals surface area contributed by atoms with Gasteiger partial charge >= 0.3 is 0 Å². The van der Waals surface area contributed by atoms with E-state index in [1.54, 1.807) is 0 Å². The molecule has 0 aliphatic rings. The molecule has 80 valence electrons. The maximum absolute atomic E-state index is 5.43. The Morgan fingerprint density at radius 2 is 2.29 bits per heavy atom. The minimum atomic E-state index is 0.636. The van der Waals surface area contributed by atoms with Gasteiger partial charge in [0.1, 0.15) is 5.76 Å². The van der Waals surface area contributed by atoms with Crippen molar-refractivity contribution in [3.8, 4) is 0 Å². The summed E-state index contributed by atoms with van der Waals surface area (Å²) < 4.78 is 7.15. The van der Waals surface area contributed by atoms with Gasteiger partial charge in [-0.1, -0.05) is 6.92 Å². The third-order valence-corrected chi connectivity index (χ3v) is 4.51. The van der Waals surface area contributed by atoms with Gasteiger partial charge in [0, 0.05) is 11.8 Å². The van der Waals surface area contributed by atoms with Crippen molar-refractivity contribution in [1.29, 1.82) is 0 Å². The topological polar surface area (TPSA) is 25.2 Å². The molecule has 1 aromatic rings. The van der Waals surface area contributed by atoms with E-state index in [-0.39, 0.29) is 0 Å². The molecule has 0 spiro atoms. The van der Waals surface area contributed by atoms with E-state index in [1.807, 2.05) is 17.8 Å². The number of thioether (sulfide) groups is 1. The molecule has 0 aromatic carbocycles. The molecule has 0 saturated heterocycles. The molecule has 1 unspecified atom stereocenters. The van der Waals surface area contributed by atoms with Crippen LogP contribution in [0.4, 0.5) is 0 Å². The number of furan rings is 1. The predicted molar refractivity (Wildman–Crippen MR) is 68.8 cm³/mol. The van der Waals surface area contributed by atoms with Crippen LogP contribution < -0.4 is 5.32 Å². The van der Waals surface area contributed by atoms with Crippen LogP contribution in [-0.2, 0) is 6.54 Å². The number of rotatable bonds is 5. The predicted octanol–water partition coefficient (Wildman–Crippen LogP) is 3.65. The molecule has 0 saturated carbocycles. The van der Waals surface area contributed by atoms with Crippen LogP contribution >= 0.6 is 43.6 Å². The molecule has 0 aliphatic heterocycles. The molecular formula is C9H13Br2NOS. The third-order valence-electron chi connectivity index (χ3n) is 1.83. The van der Waals surface area contributed by atoms with Crippen molar-refractivity contribution >= 4 is 43.6 Å². The van der Waals surface area contributed by atoms with Gasteiger partial charge in [-0.05, 0) is 44.2 Å². The summed E-state index contributed by atoms with van der Waals surface area (Å²) in [4.78, 5) is 0. The molecular weight excluding hydrogens is 330 g/mol. The molecule has 0 fully saturated rings. The molecule has 0 amide bonds. The lowest BCUT2D eigenvalue weighted by molar-refractivity contribution is 0.465. The van der Waals surface area contributed by atoms with Gasteiger partial charge in [0.25, 0.3) is 0 Å². The van der Waals surface area contributed by atoms with E-state index in [0.717, 1.165) is 28.0 Å². The van der Waals surface area contributed by atoms with Crippen LogP contribution in [0.5, 0.6) is 0 Å². The average molecular weight is 343 g/mol. The number of hydrogen-bond donors (Lipinski definition) is 1. The molecule has 0 aliphatic carbocycles. The van der Waals surface area contributed by atoms with E-state index in [0.29, 0.717) is 5.25 Å². The zero-order valence-corrected chi connectivity index (χ0v) is 12.1. The number of nitrogens with one attached hydrogen (secondary N) is 1. The summed E-state index contributed by atoms with van der Waals surface area (Å²) in [6, 6.07) is 1.97. The minimum Gasteiger partial charge on any atom is -0.452 e. The normalized spacial score (nSPS) is 13.1. The highest BCUT2D eigenvalue weighted by atomic mass is 79.9. The van der Waals surface area contributed by atoms with Gasteiger partial charge in [0.05, 0.1) is 11.0 Å². The van der Waals surface area contributed by atoms with Gasteiger partial charge in [0.15, 0.2) is 4.67 Å². The fourth-order valence-electron chi connectivity index (χ4n) is 0.960. The maximum Gasteiger partial charge on any atom is 0.183 e. The molecule has 1 rings (SSSR count). The van der Waals surface area contributed by atoms with Crippen LogP contribution in [-0.4, -0.2) is 18.1 Å². The lowest BCUT2D eigenvalue weighted by atomic mass is 10.4. The second-order valence-corrected chi connectivity index (χ2v) is 5.86. The minimum absolute atomic E-state index is 0.636. The average Bonchev–Trinajstić information content (AvgIpc) is 2.46. The van der Waals surface area contributed by atoms with Crippen LogP contribution in [0.2, 0.25) is 0 Å². The van der Waals surface area contributed by atoms with E-state index < -0.39 is 0 Å². The highest BCUT2D eigenvalue weighted by Crippen LogP contribution is 2.26. The van der Waals surface area contributed by atoms with Crippen molar-refractivity contribution in [2.75, 3.05) is 12.8 Å². The summed E-state index contributed by atoms with van der Waals surface area (Å²) in [6.07, 6.45) is 2.12. The van der Waals surface area contributed by atoms with Crippen molar-refractivity contribution in [1.82, 2.24) is 5.32 Å². The second kappa shape index (κ2) is 6.20.